The van der Waals surface area contributed by atoms with Gasteiger partial charge in [0.05, 0.1) is 16.1 Å². The van der Waals surface area contributed by atoms with Gasteiger partial charge in [-0.1, -0.05) is 12.0 Å². The summed E-state index contributed by atoms with van der Waals surface area (Å²) in [7, 11) is -4.59. The van der Waals surface area contributed by atoms with Crippen LogP contribution in [0.5, 0.6) is 0 Å². The van der Waals surface area contributed by atoms with Crippen molar-refractivity contribution < 1.29 is 39.6 Å². The van der Waals surface area contributed by atoms with Gasteiger partial charge in [-0.15, -0.1) is 6.42 Å². The lowest BCUT2D eigenvalue weighted by Gasteiger charge is -2.13. The SMILES string of the molecule is C#Cc1ccc(S(=O)(=O)NCC(F)(F)F)cc1NC(=O)Nc1cccc(C(F)(F)F)c1. The third-order valence-corrected chi connectivity index (χ3v) is 5.01. The lowest BCUT2D eigenvalue weighted by molar-refractivity contribution is -0.137. The monoisotopic (exact) mass is 465 g/mol. The Hall–Kier alpha value is -3.24. The Balaban J connectivity index is 2.23. The van der Waals surface area contributed by atoms with Crippen molar-refractivity contribution >= 4 is 27.4 Å². The maximum Gasteiger partial charge on any atom is 0.416 e. The molecular weight excluding hydrogens is 452 g/mol. The molecule has 0 saturated carbocycles. The predicted molar refractivity (Wildman–Crippen MR) is 99.7 cm³/mol. The molecule has 0 aromatic heterocycles. The van der Waals surface area contributed by atoms with Crippen LogP contribution in [0.15, 0.2) is 47.4 Å². The molecule has 0 bridgehead atoms. The molecular formula is C18H13F6N3O3S. The minimum Gasteiger partial charge on any atom is -0.308 e. The highest BCUT2D eigenvalue weighted by Crippen LogP contribution is 2.30. The van der Waals surface area contributed by atoms with E-state index < -0.39 is 45.4 Å². The van der Waals surface area contributed by atoms with Crippen molar-refractivity contribution in [2.45, 2.75) is 17.2 Å². The molecule has 0 radical (unpaired) electrons. The van der Waals surface area contributed by atoms with Gasteiger partial charge in [0.2, 0.25) is 10.0 Å². The van der Waals surface area contributed by atoms with Crippen LogP contribution >= 0.6 is 0 Å². The number of nitrogens with one attached hydrogen (secondary N) is 3. The minimum atomic E-state index is -4.79. The van der Waals surface area contributed by atoms with E-state index in [9.17, 15) is 39.6 Å². The number of sulfonamides is 1. The Morgan fingerprint density at radius 3 is 2.26 bits per heavy atom. The smallest absolute Gasteiger partial charge is 0.308 e. The minimum absolute atomic E-state index is 0.0195. The normalized spacial score (nSPS) is 12.2. The van der Waals surface area contributed by atoms with Crippen molar-refractivity contribution in [3.63, 3.8) is 0 Å². The summed E-state index contributed by atoms with van der Waals surface area (Å²) in [5.41, 5.74) is -1.51. The van der Waals surface area contributed by atoms with E-state index in [0.717, 1.165) is 30.3 Å². The summed E-state index contributed by atoms with van der Waals surface area (Å²) >= 11 is 0. The van der Waals surface area contributed by atoms with Gasteiger partial charge in [0.25, 0.3) is 0 Å². The third kappa shape index (κ3) is 6.90. The quantitative estimate of drug-likeness (QED) is 0.458. The Morgan fingerprint density at radius 2 is 1.68 bits per heavy atom. The molecule has 0 spiro atoms. The van der Waals surface area contributed by atoms with Crippen molar-refractivity contribution in [2.24, 2.45) is 0 Å². The average molecular weight is 465 g/mol. The zero-order valence-electron chi connectivity index (χ0n) is 15.2. The van der Waals surface area contributed by atoms with Gasteiger partial charge in [0, 0.05) is 11.3 Å². The van der Waals surface area contributed by atoms with Crippen LogP contribution in [0.4, 0.5) is 42.5 Å². The molecule has 0 atom stereocenters. The fourth-order valence-corrected chi connectivity index (χ4v) is 3.28. The summed E-state index contributed by atoms with van der Waals surface area (Å²) in [6.07, 6.45) is -4.17. The highest BCUT2D eigenvalue weighted by atomic mass is 32.2. The number of alkyl halides is 6. The molecule has 0 heterocycles. The van der Waals surface area contributed by atoms with Gasteiger partial charge in [-0.25, -0.2) is 17.9 Å². The molecule has 0 aliphatic carbocycles. The molecule has 2 rings (SSSR count). The number of anilines is 2. The first-order valence-corrected chi connectivity index (χ1v) is 9.62. The van der Waals surface area contributed by atoms with E-state index in [-0.39, 0.29) is 16.9 Å². The van der Waals surface area contributed by atoms with Crippen LogP contribution in [0.25, 0.3) is 0 Å². The van der Waals surface area contributed by atoms with Crippen molar-refractivity contribution in [2.75, 3.05) is 17.2 Å². The Labute approximate surface area is 172 Å². The van der Waals surface area contributed by atoms with E-state index in [4.69, 9.17) is 6.42 Å². The largest absolute Gasteiger partial charge is 0.416 e. The molecule has 13 heteroatoms. The zero-order chi connectivity index (χ0) is 23.4. The number of hydrogen-bond donors (Lipinski definition) is 3. The highest BCUT2D eigenvalue weighted by molar-refractivity contribution is 7.89. The molecule has 166 valence electrons. The first kappa shape index (κ1) is 24.0. The number of benzene rings is 2. The second-order valence-electron chi connectivity index (χ2n) is 5.95. The van der Waals surface area contributed by atoms with Gasteiger partial charge in [0.1, 0.15) is 6.54 Å². The summed E-state index contributed by atoms with van der Waals surface area (Å²) in [6.45, 7) is -1.81. The van der Waals surface area contributed by atoms with E-state index in [1.807, 2.05) is 0 Å². The summed E-state index contributed by atoms with van der Waals surface area (Å²) < 4.78 is 101. The van der Waals surface area contributed by atoms with Crippen molar-refractivity contribution in [3.05, 3.63) is 53.6 Å². The topological polar surface area (TPSA) is 87.3 Å². The molecule has 0 saturated heterocycles. The summed E-state index contributed by atoms with van der Waals surface area (Å²) in [5.74, 6) is 2.14. The van der Waals surface area contributed by atoms with Crippen LogP contribution in [0.1, 0.15) is 11.1 Å². The molecule has 0 fully saturated rings. The number of carbonyl (C=O) groups is 1. The van der Waals surface area contributed by atoms with E-state index in [0.29, 0.717) is 6.07 Å². The molecule has 2 amide bonds. The van der Waals surface area contributed by atoms with Crippen LogP contribution in [0, 0.1) is 12.3 Å². The maximum absolute atomic E-state index is 12.8. The van der Waals surface area contributed by atoms with E-state index in [2.05, 4.69) is 16.6 Å². The van der Waals surface area contributed by atoms with Gasteiger partial charge in [0.15, 0.2) is 0 Å². The number of carbonyl (C=O) groups excluding carboxylic acids is 1. The Morgan fingerprint density at radius 1 is 1.00 bits per heavy atom. The van der Waals surface area contributed by atoms with Gasteiger partial charge < -0.3 is 10.6 Å². The lowest BCUT2D eigenvalue weighted by Crippen LogP contribution is -2.33. The van der Waals surface area contributed by atoms with Crippen LogP contribution < -0.4 is 15.4 Å². The van der Waals surface area contributed by atoms with Crippen molar-refractivity contribution in [3.8, 4) is 12.3 Å². The number of urea groups is 1. The number of halogens is 6. The summed E-state index contributed by atoms with van der Waals surface area (Å²) in [5, 5.41) is 4.29. The molecule has 31 heavy (non-hydrogen) atoms. The molecule has 0 aliphatic rings. The number of amides is 2. The maximum atomic E-state index is 12.8. The first-order chi connectivity index (χ1) is 14.2. The van der Waals surface area contributed by atoms with E-state index in [1.54, 1.807) is 0 Å². The first-order valence-electron chi connectivity index (χ1n) is 8.13. The second kappa shape index (κ2) is 8.86. The van der Waals surface area contributed by atoms with Crippen molar-refractivity contribution in [1.82, 2.24) is 4.72 Å². The number of rotatable bonds is 5. The van der Waals surface area contributed by atoms with Gasteiger partial charge in [-0.05, 0) is 36.4 Å². The average Bonchev–Trinajstić information content (AvgIpc) is 2.65. The molecule has 2 aromatic rings. The molecule has 6 nitrogen and oxygen atoms in total. The summed E-state index contributed by atoms with van der Waals surface area (Å²) in [4.78, 5) is 11.5. The fraction of sp³-hybridized carbons (Fsp3) is 0.167. The van der Waals surface area contributed by atoms with Gasteiger partial charge in [-0.3, -0.25) is 0 Å². The van der Waals surface area contributed by atoms with Gasteiger partial charge >= 0.3 is 18.4 Å². The van der Waals surface area contributed by atoms with E-state index in [1.165, 1.54) is 10.8 Å². The second-order valence-corrected chi connectivity index (χ2v) is 7.72. The fourth-order valence-electron chi connectivity index (χ4n) is 2.24. The van der Waals surface area contributed by atoms with Crippen molar-refractivity contribution in [1.29, 1.82) is 0 Å². The van der Waals surface area contributed by atoms with Crippen LogP contribution in [0.2, 0.25) is 0 Å². The zero-order valence-corrected chi connectivity index (χ0v) is 16.0. The predicted octanol–water partition coefficient (Wildman–Crippen LogP) is 4.17. The lowest BCUT2D eigenvalue weighted by atomic mass is 10.2. The van der Waals surface area contributed by atoms with Crippen LogP contribution in [-0.4, -0.2) is 27.2 Å². The highest BCUT2D eigenvalue weighted by Gasteiger charge is 2.31. The summed E-state index contributed by atoms with van der Waals surface area (Å²) in [6, 6.07) is 5.47. The molecule has 0 aliphatic heterocycles. The van der Waals surface area contributed by atoms with Gasteiger partial charge in [-0.2, -0.15) is 26.3 Å². The standard InChI is InChI=1S/C18H13F6N3O3S/c1-2-11-6-7-14(31(29,30)25-10-17(19,20)21)9-15(11)27-16(28)26-13-5-3-4-12(8-13)18(22,23)24/h1,3-9,25H,10H2,(H2,26,27,28). The molecule has 3 N–H and O–H groups in total. The number of hydrogen-bond acceptors (Lipinski definition) is 3. The molecule has 2 aromatic carbocycles. The third-order valence-electron chi connectivity index (χ3n) is 3.62. The Kier molecular flexibility index (Phi) is 6.87. The molecule has 0 unspecified atom stereocenters. The number of terminal acetylenes is 1. The Bertz CT molecular complexity index is 1120. The van der Waals surface area contributed by atoms with E-state index >= 15 is 0 Å². The van der Waals surface area contributed by atoms with Crippen LogP contribution in [0.3, 0.4) is 0 Å². The van der Waals surface area contributed by atoms with Crippen LogP contribution in [-0.2, 0) is 16.2 Å².